The van der Waals surface area contributed by atoms with Crippen LogP contribution in [0.5, 0.6) is 5.75 Å². The largest absolute Gasteiger partial charge is 0.496 e. The number of benzene rings is 1. The van der Waals surface area contributed by atoms with Gasteiger partial charge in [0.1, 0.15) is 5.75 Å². The highest BCUT2D eigenvalue weighted by atomic mass is 35.5. The number of halogens is 1. The predicted octanol–water partition coefficient (Wildman–Crippen LogP) is 2.50. The first-order valence-corrected chi connectivity index (χ1v) is 5.71. The van der Waals surface area contributed by atoms with Gasteiger partial charge in [0, 0.05) is 10.6 Å². The normalized spacial score (nSPS) is 20.5. The number of nitrogens with one attached hydrogen (secondary N) is 1. The summed E-state index contributed by atoms with van der Waals surface area (Å²) in [5.74, 6) is 1.60. The SMILES string of the molecule is COc1cccc(Cl)c1CC1CCNC1. The van der Waals surface area contributed by atoms with Crippen LogP contribution in [0, 0.1) is 5.92 Å². The fourth-order valence-corrected chi connectivity index (χ4v) is 2.35. The van der Waals surface area contributed by atoms with Crippen molar-refractivity contribution in [1.29, 1.82) is 0 Å². The highest BCUT2D eigenvalue weighted by Crippen LogP contribution is 2.29. The molecule has 1 aromatic rings. The van der Waals surface area contributed by atoms with Crippen LogP contribution in [0.1, 0.15) is 12.0 Å². The summed E-state index contributed by atoms with van der Waals surface area (Å²) >= 11 is 6.19. The van der Waals surface area contributed by atoms with Crippen molar-refractivity contribution in [2.45, 2.75) is 12.8 Å². The van der Waals surface area contributed by atoms with Crippen molar-refractivity contribution in [2.24, 2.45) is 5.92 Å². The second-order valence-electron chi connectivity index (χ2n) is 3.98. The molecule has 1 heterocycles. The molecule has 3 heteroatoms. The van der Waals surface area contributed by atoms with Gasteiger partial charge in [0.2, 0.25) is 0 Å². The smallest absolute Gasteiger partial charge is 0.123 e. The Labute approximate surface area is 95.6 Å². The van der Waals surface area contributed by atoms with E-state index < -0.39 is 0 Å². The second-order valence-corrected chi connectivity index (χ2v) is 4.39. The second kappa shape index (κ2) is 4.86. The van der Waals surface area contributed by atoms with Gasteiger partial charge >= 0.3 is 0 Å². The minimum atomic E-state index is 0.693. The average Bonchev–Trinajstić information content (AvgIpc) is 2.74. The third-order valence-corrected chi connectivity index (χ3v) is 3.31. The van der Waals surface area contributed by atoms with Crippen LogP contribution in [0.4, 0.5) is 0 Å². The van der Waals surface area contributed by atoms with Gasteiger partial charge in [0.25, 0.3) is 0 Å². The van der Waals surface area contributed by atoms with Crippen LogP contribution in [-0.2, 0) is 6.42 Å². The Hall–Kier alpha value is -0.730. The Morgan fingerprint density at radius 3 is 3.07 bits per heavy atom. The van der Waals surface area contributed by atoms with Crippen molar-refractivity contribution in [2.75, 3.05) is 20.2 Å². The van der Waals surface area contributed by atoms with E-state index in [1.54, 1.807) is 7.11 Å². The summed E-state index contributed by atoms with van der Waals surface area (Å²) in [5.41, 5.74) is 1.15. The number of hydrogen-bond donors (Lipinski definition) is 1. The van der Waals surface area contributed by atoms with Gasteiger partial charge in [-0.2, -0.15) is 0 Å². The molecule has 0 radical (unpaired) electrons. The first-order chi connectivity index (χ1) is 7.31. The van der Waals surface area contributed by atoms with Gasteiger partial charge in [0.15, 0.2) is 0 Å². The molecule has 1 fully saturated rings. The summed E-state index contributed by atoms with van der Waals surface area (Å²) in [7, 11) is 1.70. The van der Waals surface area contributed by atoms with E-state index >= 15 is 0 Å². The van der Waals surface area contributed by atoms with E-state index in [2.05, 4.69) is 5.32 Å². The Morgan fingerprint density at radius 2 is 2.40 bits per heavy atom. The van der Waals surface area contributed by atoms with Crippen LogP contribution in [0.2, 0.25) is 5.02 Å². The van der Waals surface area contributed by atoms with E-state index in [-0.39, 0.29) is 0 Å². The molecule has 1 unspecified atom stereocenters. The van der Waals surface area contributed by atoms with Crippen molar-refractivity contribution in [3.05, 3.63) is 28.8 Å². The minimum absolute atomic E-state index is 0.693. The molecule has 0 spiro atoms. The lowest BCUT2D eigenvalue weighted by atomic mass is 9.98. The van der Waals surface area contributed by atoms with E-state index in [1.807, 2.05) is 18.2 Å². The fraction of sp³-hybridized carbons (Fsp3) is 0.500. The van der Waals surface area contributed by atoms with Crippen LogP contribution in [0.15, 0.2) is 18.2 Å². The topological polar surface area (TPSA) is 21.3 Å². The standard InChI is InChI=1S/C12H16ClNO/c1-15-12-4-2-3-11(13)10(12)7-9-5-6-14-8-9/h2-4,9,14H,5-8H2,1H3. The highest BCUT2D eigenvalue weighted by Gasteiger charge is 2.18. The maximum atomic E-state index is 6.19. The van der Waals surface area contributed by atoms with Gasteiger partial charge in [0.05, 0.1) is 7.11 Å². The molecule has 2 rings (SSSR count). The molecule has 1 N–H and O–H groups in total. The zero-order valence-corrected chi connectivity index (χ0v) is 9.68. The molecule has 1 aromatic carbocycles. The zero-order chi connectivity index (χ0) is 10.7. The molecule has 0 saturated carbocycles. The van der Waals surface area contributed by atoms with Crippen molar-refractivity contribution in [3.8, 4) is 5.75 Å². The molecule has 0 bridgehead atoms. The lowest BCUT2D eigenvalue weighted by Gasteiger charge is -2.13. The van der Waals surface area contributed by atoms with Crippen molar-refractivity contribution >= 4 is 11.6 Å². The average molecular weight is 226 g/mol. The third-order valence-electron chi connectivity index (χ3n) is 2.95. The summed E-state index contributed by atoms with van der Waals surface area (Å²) in [6, 6.07) is 5.84. The van der Waals surface area contributed by atoms with Crippen molar-refractivity contribution < 1.29 is 4.74 Å². The molecule has 82 valence electrons. The lowest BCUT2D eigenvalue weighted by Crippen LogP contribution is -2.11. The molecule has 1 aliphatic rings. The molecular formula is C12H16ClNO. The summed E-state index contributed by atoms with van der Waals surface area (Å²) in [6.45, 7) is 2.21. The Bertz CT molecular complexity index is 334. The number of ether oxygens (including phenoxy) is 1. The molecule has 2 nitrogen and oxygen atoms in total. The van der Waals surface area contributed by atoms with Gasteiger partial charge in [-0.15, -0.1) is 0 Å². The molecular weight excluding hydrogens is 210 g/mol. The zero-order valence-electron chi connectivity index (χ0n) is 8.92. The van der Waals surface area contributed by atoms with Gasteiger partial charge in [-0.3, -0.25) is 0 Å². The molecule has 0 aliphatic carbocycles. The molecule has 1 aliphatic heterocycles. The van der Waals surface area contributed by atoms with Crippen LogP contribution in [-0.4, -0.2) is 20.2 Å². The molecule has 0 amide bonds. The summed E-state index contributed by atoms with van der Waals surface area (Å²) in [6.07, 6.45) is 2.24. The van der Waals surface area contributed by atoms with Crippen molar-refractivity contribution in [3.63, 3.8) is 0 Å². The monoisotopic (exact) mass is 225 g/mol. The molecule has 15 heavy (non-hydrogen) atoms. The Kier molecular flexibility index (Phi) is 3.49. The summed E-state index contributed by atoms with van der Waals surface area (Å²) in [4.78, 5) is 0. The Balaban J connectivity index is 2.17. The van der Waals surface area contributed by atoms with E-state index in [9.17, 15) is 0 Å². The van der Waals surface area contributed by atoms with E-state index in [4.69, 9.17) is 16.3 Å². The van der Waals surface area contributed by atoms with Gasteiger partial charge in [-0.25, -0.2) is 0 Å². The number of methoxy groups -OCH3 is 1. The number of rotatable bonds is 3. The maximum absolute atomic E-state index is 6.19. The van der Waals surface area contributed by atoms with Crippen LogP contribution >= 0.6 is 11.6 Å². The predicted molar refractivity (Wildman–Crippen MR) is 62.7 cm³/mol. The summed E-state index contributed by atoms with van der Waals surface area (Å²) in [5, 5.41) is 4.19. The quantitative estimate of drug-likeness (QED) is 0.854. The molecule has 1 saturated heterocycles. The summed E-state index contributed by atoms with van der Waals surface area (Å²) < 4.78 is 5.33. The van der Waals surface area contributed by atoms with Gasteiger partial charge in [-0.05, 0) is 44.0 Å². The fourth-order valence-electron chi connectivity index (χ4n) is 2.11. The highest BCUT2D eigenvalue weighted by molar-refractivity contribution is 6.31. The Morgan fingerprint density at radius 1 is 1.53 bits per heavy atom. The van der Waals surface area contributed by atoms with E-state index in [0.717, 1.165) is 35.8 Å². The first kappa shape index (κ1) is 10.8. The lowest BCUT2D eigenvalue weighted by molar-refractivity contribution is 0.405. The molecule has 1 atom stereocenters. The molecule has 0 aromatic heterocycles. The van der Waals surface area contributed by atoms with Crippen LogP contribution < -0.4 is 10.1 Å². The van der Waals surface area contributed by atoms with E-state index in [0.29, 0.717) is 5.92 Å². The van der Waals surface area contributed by atoms with E-state index in [1.165, 1.54) is 6.42 Å². The van der Waals surface area contributed by atoms with Gasteiger partial charge < -0.3 is 10.1 Å². The first-order valence-electron chi connectivity index (χ1n) is 5.33. The third kappa shape index (κ3) is 2.44. The number of hydrogen-bond acceptors (Lipinski definition) is 2. The minimum Gasteiger partial charge on any atom is -0.496 e. The maximum Gasteiger partial charge on any atom is 0.123 e. The van der Waals surface area contributed by atoms with Crippen molar-refractivity contribution in [1.82, 2.24) is 5.32 Å². The van der Waals surface area contributed by atoms with Crippen LogP contribution in [0.25, 0.3) is 0 Å². The van der Waals surface area contributed by atoms with Gasteiger partial charge in [-0.1, -0.05) is 17.7 Å². The van der Waals surface area contributed by atoms with Crippen LogP contribution in [0.3, 0.4) is 0 Å².